The Labute approximate surface area is 228 Å². The second-order valence-corrected chi connectivity index (χ2v) is 9.85. The average Bonchev–Trinajstić information content (AvgIpc) is 3.58. The summed E-state index contributed by atoms with van der Waals surface area (Å²) in [7, 11) is 2.16. The number of amides is 1. The number of furan rings is 1. The van der Waals surface area contributed by atoms with Gasteiger partial charge in [0, 0.05) is 25.7 Å². The second kappa shape index (κ2) is 12.5. The van der Waals surface area contributed by atoms with E-state index in [0.29, 0.717) is 11.9 Å². The minimum Gasteiger partial charge on any atom is -0.475 e. The molecule has 12 nitrogen and oxygen atoms in total. The topological polar surface area (TPSA) is 154 Å². The molecule has 3 N–H and O–H groups in total. The maximum absolute atomic E-state index is 12.7. The molecule has 1 saturated heterocycles. The van der Waals surface area contributed by atoms with Crippen molar-refractivity contribution in [3.63, 3.8) is 0 Å². The van der Waals surface area contributed by atoms with E-state index in [1.54, 1.807) is 6.26 Å². The predicted octanol–water partition coefficient (Wildman–Crippen LogP) is 2.51. The molecule has 0 aromatic carbocycles. The number of fused-ring (bicyclic) bond motifs is 1. The Hall–Kier alpha value is -3.67. The molecule has 3 aliphatic rings. The predicted molar refractivity (Wildman–Crippen MR) is 125 cm³/mol. The molecule has 2 aromatic heterocycles. The number of hydrogen-bond acceptors (Lipinski definition) is 8. The van der Waals surface area contributed by atoms with Crippen molar-refractivity contribution in [1.29, 1.82) is 0 Å². The number of carbonyl (C=O) groups is 3. The van der Waals surface area contributed by atoms with Crippen molar-refractivity contribution in [3.05, 3.63) is 35.8 Å². The lowest BCUT2D eigenvalue weighted by molar-refractivity contribution is -0.193. The first-order chi connectivity index (χ1) is 19.0. The van der Waals surface area contributed by atoms with Gasteiger partial charge in [0.1, 0.15) is 11.6 Å². The van der Waals surface area contributed by atoms with Gasteiger partial charge in [-0.15, -0.1) is 10.2 Å². The van der Waals surface area contributed by atoms with Gasteiger partial charge in [0.15, 0.2) is 0 Å². The lowest BCUT2D eigenvalue weighted by Gasteiger charge is -2.42. The van der Waals surface area contributed by atoms with Gasteiger partial charge in [-0.25, -0.2) is 9.59 Å². The summed E-state index contributed by atoms with van der Waals surface area (Å²) in [5.74, 6) is -3.25. The molecule has 5 rings (SSSR count). The van der Waals surface area contributed by atoms with Crippen molar-refractivity contribution >= 4 is 17.8 Å². The van der Waals surface area contributed by atoms with E-state index in [0.717, 1.165) is 63.6 Å². The molecule has 2 aliphatic heterocycles. The number of alkyl halides is 6. The molecule has 1 atom stereocenters. The van der Waals surface area contributed by atoms with Crippen molar-refractivity contribution < 1.29 is 55.4 Å². The first kappa shape index (κ1) is 31.9. The van der Waals surface area contributed by atoms with Gasteiger partial charge >= 0.3 is 24.3 Å². The van der Waals surface area contributed by atoms with Gasteiger partial charge in [-0.05, 0) is 44.9 Å². The summed E-state index contributed by atoms with van der Waals surface area (Å²) >= 11 is 0. The number of nitrogens with one attached hydrogen (secondary N) is 1. The number of aliphatic carboxylic acids is 2. The molecule has 1 amide bonds. The Morgan fingerprint density at radius 2 is 1.68 bits per heavy atom. The fraction of sp³-hybridized carbons (Fsp3) is 0.609. The van der Waals surface area contributed by atoms with Crippen molar-refractivity contribution in [2.75, 3.05) is 20.1 Å². The Morgan fingerprint density at radius 3 is 2.17 bits per heavy atom. The minimum atomic E-state index is -5.08. The highest BCUT2D eigenvalue weighted by atomic mass is 19.4. The summed E-state index contributed by atoms with van der Waals surface area (Å²) in [5, 5.41) is 25.9. The molecule has 1 spiro atoms. The van der Waals surface area contributed by atoms with E-state index in [1.807, 2.05) is 16.7 Å². The number of carboxylic acids is 2. The third-order valence-corrected chi connectivity index (χ3v) is 6.97. The smallest absolute Gasteiger partial charge is 0.475 e. The molecule has 1 unspecified atom stereocenters. The number of likely N-dealkylation sites (tertiary alicyclic amines) is 1. The molecule has 228 valence electrons. The van der Waals surface area contributed by atoms with Crippen LogP contribution in [-0.2, 0) is 29.2 Å². The van der Waals surface area contributed by atoms with Gasteiger partial charge in [0.05, 0.1) is 24.9 Å². The molecule has 1 saturated carbocycles. The van der Waals surface area contributed by atoms with Crippen LogP contribution in [0, 0.1) is 0 Å². The van der Waals surface area contributed by atoms with Crippen LogP contribution in [0.2, 0.25) is 0 Å². The van der Waals surface area contributed by atoms with Crippen molar-refractivity contribution in [2.24, 2.45) is 0 Å². The number of likely N-dealkylation sites (N-methyl/N-ethyl adjacent to an activating group) is 1. The molecule has 2 aromatic rings. The van der Waals surface area contributed by atoms with E-state index in [2.05, 4.69) is 32.4 Å². The quantitative estimate of drug-likeness (QED) is 0.448. The number of carbonyl (C=O) groups excluding carboxylic acids is 1. The van der Waals surface area contributed by atoms with Gasteiger partial charge in [0.25, 0.3) is 5.91 Å². The van der Waals surface area contributed by atoms with Gasteiger partial charge in [0.2, 0.25) is 5.82 Å². The van der Waals surface area contributed by atoms with Crippen LogP contribution in [0.3, 0.4) is 0 Å². The minimum absolute atomic E-state index is 0.00741. The molecule has 0 radical (unpaired) electrons. The van der Waals surface area contributed by atoms with Gasteiger partial charge in [-0.2, -0.15) is 26.3 Å². The van der Waals surface area contributed by atoms with Crippen LogP contribution in [0.1, 0.15) is 47.9 Å². The zero-order valence-electron chi connectivity index (χ0n) is 21.7. The summed E-state index contributed by atoms with van der Waals surface area (Å²) in [4.78, 5) is 35.3. The number of halogens is 6. The van der Waals surface area contributed by atoms with Crippen LogP contribution in [0.15, 0.2) is 22.8 Å². The zero-order valence-corrected chi connectivity index (χ0v) is 21.7. The third kappa shape index (κ3) is 8.18. The largest absolute Gasteiger partial charge is 0.490 e. The fourth-order valence-corrected chi connectivity index (χ4v) is 4.52. The highest BCUT2D eigenvalue weighted by Crippen LogP contribution is 2.35. The molecule has 0 bridgehead atoms. The number of aromatic nitrogens is 3. The van der Waals surface area contributed by atoms with E-state index in [-0.39, 0.29) is 11.4 Å². The van der Waals surface area contributed by atoms with Crippen molar-refractivity contribution in [1.82, 2.24) is 29.9 Å². The summed E-state index contributed by atoms with van der Waals surface area (Å²) < 4.78 is 71.0. The lowest BCUT2D eigenvalue weighted by Crippen LogP contribution is -2.55. The molecular formula is C23H28F6N6O6. The average molecular weight is 599 g/mol. The van der Waals surface area contributed by atoms with Crippen molar-refractivity contribution in [2.45, 2.75) is 69.3 Å². The van der Waals surface area contributed by atoms with Crippen LogP contribution in [0.25, 0.3) is 0 Å². The second-order valence-electron chi connectivity index (χ2n) is 9.85. The lowest BCUT2D eigenvalue weighted by atomic mass is 9.93. The Balaban J connectivity index is 0.000000276. The van der Waals surface area contributed by atoms with E-state index in [9.17, 15) is 31.1 Å². The first-order valence-corrected chi connectivity index (χ1v) is 12.3. The molecular weight excluding hydrogens is 570 g/mol. The van der Waals surface area contributed by atoms with Gasteiger partial charge in [-0.3, -0.25) is 14.6 Å². The normalized spacial score (nSPS) is 21.1. The first-order valence-electron chi connectivity index (χ1n) is 12.3. The van der Waals surface area contributed by atoms with E-state index >= 15 is 0 Å². The molecule has 2 fully saturated rings. The molecule has 41 heavy (non-hydrogen) atoms. The number of nitrogens with zero attached hydrogens (tertiary/aromatic N) is 5. The van der Waals surface area contributed by atoms with Crippen LogP contribution in [0.4, 0.5) is 26.3 Å². The van der Waals surface area contributed by atoms with Crippen LogP contribution in [0.5, 0.6) is 0 Å². The van der Waals surface area contributed by atoms with E-state index in [1.165, 1.54) is 6.42 Å². The number of carboxylic acid groups (broad SMARTS) is 2. The standard InChI is InChI=1S/C19H26N6O2.2C2HF3O2/c1-23-11-16-21-22-17(18(26)20-14-4-2-5-14)25(16)13-19(23)7-8-24(12-19)10-15-6-3-9-27-15;2*3-2(4,5)1(6)7/h3,6,9,14H,2,4-5,7-8,10-13H2,1H3,(H,20,26);2*(H,6,7). The Morgan fingerprint density at radius 1 is 1.07 bits per heavy atom. The highest BCUT2D eigenvalue weighted by molar-refractivity contribution is 5.91. The highest BCUT2D eigenvalue weighted by Gasteiger charge is 2.46. The molecule has 18 heteroatoms. The molecule has 1 aliphatic carbocycles. The maximum Gasteiger partial charge on any atom is 0.490 e. The third-order valence-electron chi connectivity index (χ3n) is 6.97. The summed E-state index contributed by atoms with van der Waals surface area (Å²) in [6, 6.07) is 4.27. The summed E-state index contributed by atoms with van der Waals surface area (Å²) in [5.41, 5.74) is 0.00741. The van der Waals surface area contributed by atoms with Crippen molar-refractivity contribution in [3.8, 4) is 0 Å². The van der Waals surface area contributed by atoms with E-state index in [4.69, 9.17) is 24.2 Å². The van der Waals surface area contributed by atoms with E-state index < -0.39 is 24.3 Å². The summed E-state index contributed by atoms with van der Waals surface area (Å²) in [6.45, 7) is 4.27. The molecule has 4 heterocycles. The zero-order chi connectivity index (χ0) is 30.6. The van der Waals surface area contributed by atoms with Gasteiger partial charge in [-0.1, -0.05) is 0 Å². The van der Waals surface area contributed by atoms with Crippen LogP contribution < -0.4 is 5.32 Å². The Bertz CT molecular complexity index is 1190. The summed E-state index contributed by atoms with van der Waals surface area (Å²) in [6.07, 6.45) is -4.04. The Kier molecular flexibility index (Phi) is 9.68. The number of rotatable bonds is 4. The number of hydrogen-bond donors (Lipinski definition) is 3. The van der Waals surface area contributed by atoms with Crippen LogP contribution in [-0.4, -0.2) is 96.7 Å². The fourth-order valence-electron chi connectivity index (χ4n) is 4.52. The maximum atomic E-state index is 12.7. The SMILES string of the molecule is CN1Cc2nnc(C(=O)NC3CCC3)n2CC12CCN(Cc1ccco1)C2.O=C(O)C(F)(F)F.O=C(O)C(F)(F)F. The monoisotopic (exact) mass is 598 g/mol. The van der Waals surface area contributed by atoms with Crippen LogP contribution >= 0.6 is 0 Å². The van der Waals surface area contributed by atoms with Gasteiger partial charge < -0.3 is 24.5 Å².